The van der Waals surface area contributed by atoms with E-state index in [-0.39, 0.29) is 17.7 Å². The number of hydrogen-bond acceptors (Lipinski definition) is 5. The van der Waals surface area contributed by atoms with E-state index in [4.69, 9.17) is 13.9 Å². The highest BCUT2D eigenvalue weighted by Gasteiger charge is 2.12. The predicted molar refractivity (Wildman–Crippen MR) is 93.2 cm³/mol. The number of nitrogens with one attached hydrogen (secondary N) is 1. The minimum atomic E-state index is -0.461. The third-order valence-corrected chi connectivity index (χ3v) is 3.76. The molecular formula is C19H17NO5. The maximum Gasteiger partial charge on any atom is 0.287 e. The Morgan fingerprint density at radius 1 is 1.04 bits per heavy atom. The average Bonchev–Trinajstić information content (AvgIpc) is 2.65. The number of benzene rings is 2. The van der Waals surface area contributed by atoms with Crippen LogP contribution < -0.4 is 20.2 Å². The molecule has 0 aliphatic heterocycles. The topological polar surface area (TPSA) is 77.8 Å². The van der Waals surface area contributed by atoms with Gasteiger partial charge >= 0.3 is 0 Å². The largest absolute Gasteiger partial charge is 0.493 e. The van der Waals surface area contributed by atoms with Crippen LogP contribution in [0.15, 0.2) is 57.7 Å². The lowest BCUT2D eigenvalue weighted by Crippen LogP contribution is -2.24. The Kier molecular flexibility index (Phi) is 4.70. The number of carbonyl (C=O) groups excluding carboxylic acids is 1. The molecule has 1 heterocycles. The van der Waals surface area contributed by atoms with Crippen molar-refractivity contribution in [3.05, 3.63) is 70.1 Å². The Morgan fingerprint density at radius 2 is 1.80 bits per heavy atom. The zero-order valence-electron chi connectivity index (χ0n) is 13.9. The van der Waals surface area contributed by atoms with Gasteiger partial charge in [-0.25, -0.2) is 0 Å². The Morgan fingerprint density at radius 3 is 2.56 bits per heavy atom. The fourth-order valence-electron chi connectivity index (χ4n) is 2.48. The van der Waals surface area contributed by atoms with Crippen molar-refractivity contribution in [2.45, 2.75) is 6.54 Å². The van der Waals surface area contributed by atoms with Gasteiger partial charge in [0.15, 0.2) is 22.7 Å². The molecule has 128 valence electrons. The van der Waals surface area contributed by atoms with Gasteiger partial charge in [-0.3, -0.25) is 9.59 Å². The molecule has 3 aromatic rings. The first kappa shape index (κ1) is 16.6. The molecule has 0 fully saturated rings. The molecule has 0 saturated carbocycles. The van der Waals surface area contributed by atoms with Gasteiger partial charge in [0.05, 0.1) is 19.6 Å². The van der Waals surface area contributed by atoms with Gasteiger partial charge in [0.25, 0.3) is 5.91 Å². The second-order valence-corrected chi connectivity index (χ2v) is 5.34. The summed E-state index contributed by atoms with van der Waals surface area (Å²) in [5.41, 5.74) is 0.957. The fourth-order valence-corrected chi connectivity index (χ4v) is 2.48. The van der Waals surface area contributed by atoms with Crippen LogP contribution >= 0.6 is 0 Å². The van der Waals surface area contributed by atoms with Crippen molar-refractivity contribution in [2.75, 3.05) is 14.2 Å². The molecule has 0 aliphatic rings. The minimum Gasteiger partial charge on any atom is -0.493 e. The summed E-state index contributed by atoms with van der Waals surface area (Å²) in [6, 6.07) is 13.4. The number of fused-ring (bicyclic) bond motifs is 1. The summed E-state index contributed by atoms with van der Waals surface area (Å²) >= 11 is 0. The molecule has 2 aromatic carbocycles. The van der Waals surface area contributed by atoms with Crippen molar-refractivity contribution in [1.82, 2.24) is 5.32 Å². The van der Waals surface area contributed by atoms with Crippen molar-refractivity contribution in [1.29, 1.82) is 0 Å². The van der Waals surface area contributed by atoms with Gasteiger partial charge in [0.1, 0.15) is 5.58 Å². The molecule has 0 atom stereocenters. The molecule has 6 heteroatoms. The van der Waals surface area contributed by atoms with Crippen LogP contribution in [0, 0.1) is 0 Å². The number of hydrogen-bond donors (Lipinski definition) is 1. The van der Waals surface area contributed by atoms with Crippen LogP contribution in [-0.2, 0) is 6.54 Å². The third-order valence-electron chi connectivity index (χ3n) is 3.76. The van der Waals surface area contributed by atoms with Gasteiger partial charge in [0, 0.05) is 12.6 Å². The summed E-state index contributed by atoms with van der Waals surface area (Å²) < 4.78 is 15.9. The molecule has 0 saturated heterocycles. The van der Waals surface area contributed by atoms with Gasteiger partial charge in [0.2, 0.25) is 0 Å². The summed E-state index contributed by atoms with van der Waals surface area (Å²) in [7, 11) is 3.10. The monoisotopic (exact) mass is 339 g/mol. The van der Waals surface area contributed by atoms with Gasteiger partial charge in [-0.15, -0.1) is 0 Å². The summed E-state index contributed by atoms with van der Waals surface area (Å²) in [5, 5.41) is 3.17. The lowest BCUT2D eigenvalue weighted by atomic mass is 10.2. The molecule has 0 bridgehead atoms. The van der Waals surface area contributed by atoms with Crippen LogP contribution in [-0.4, -0.2) is 20.1 Å². The maximum absolute atomic E-state index is 12.3. The molecular weight excluding hydrogens is 322 g/mol. The fraction of sp³-hybridized carbons (Fsp3) is 0.158. The highest BCUT2D eigenvalue weighted by molar-refractivity contribution is 5.93. The lowest BCUT2D eigenvalue weighted by molar-refractivity contribution is 0.0923. The number of ether oxygens (including phenoxy) is 2. The van der Waals surface area contributed by atoms with Gasteiger partial charge in [-0.05, 0) is 29.8 Å². The van der Waals surface area contributed by atoms with Crippen molar-refractivity contribution >= 4 is 16.9 Å². The quantitative estimate of drug-likeness (QED) is 0.773. The molecule has 6 nitrogen and oxygen atoms in total. The Hall–Kier alpha value is -3.28. The smallest absolute Gasteiger partial charge is 0.287 e. The number of carbonyl (C=O) groups is 1. The number of amides is 1. The Bertz CT molecular complexity index is 977. The number of rotatable bonds is 5. The molecule has 3 rings (SSSR count). The average molecular weight is 339 g/mol. The molecule has 25 heavy (non-hydrogen) atoms. The van der Waals surface area contributed by atoms with E-state index in [9.17, 15) is 9.59 Å². The van der Waals surface area contributed by atoms with E-state index >= 15 is 0 Å². The van der Waals surface area contributed by atoms with E-state index in [1.54, 1.807) is 50.6 Å². The number of para-hydroxylation sites is 1. The molecule has 0 spiro atoms. The summed E-state index contributed by atoms with van der Waals surface area (Å²) in [4.78, 5) is 24.4. The Labute approximate surface area is 144 Å². The first-order chi connectivity index (χ1) is 12.1. The van der Waals surface area contributed by atoms with Crippen LogP contribution in [0.4, 0.5) is 0 Å². The normalized spacial score (nSPS) is 10.5. The van der Waals surface area contributed by atoms with Gasteiger partial charge in [-0.2, -0.15) is 0 Å². The molecule has 1 amide bonds. The Balaban J connectivity index is 1.78. The van der Waals surface area contributed by atoms with Crippen LogP contribution in [0.25, 0.3) is 11.0 Å². The van der Waals surface area contributed by atoms with E-state index < -0.39 is 5.91 Å². The number of methoxy groups -OCH3 is 2. The minimum absolute atomic E-state index is 0.0239. The SMILES string of the molecule is COc1ccc(CNC(=O)c2cc(=O)c3ccccc3o2)cc1OC. The van der Waals surface area contributed by atoms with Crippen LogP contribution in [0.5, 0.6) is 11.5 Å². The third kappa shape index (κ3) is 3.47. The predicted octanol–water partition coefficient (Wildman–Crippen LogP) is 2.74. The lowest BCUT2D eigenvalue weighted by Gasteiger charge is -2.10. The van der Waals surface area contributed by atoms with Crippen LogP contribution in [0.1, 0.15) is 16.1 Å². The second kappa shape index (κ2) is 7.09. The van der Waals surface area contributed by atoms with Gasteiger partial charge in [-0.1, -0.05) is 18.2 Å². The second-order valence-electron chi connectivity index (χ2n) is 5.34. The van der Waals surface area contributed by atoms with E-state index in [0.29, 0.717) is 22.5 Å². The zero-order chi connectivity index (χ0) is 17.8. The van der Waals surface area contributed by atoms with Gasteiger partial charge < -0.3 is 19.2 Å². The molecule has 0 aliphatic carbocycles. The van der Waals surface area contributed by atoms with Crippen molar-refractivity contribution in [2.24, 2.45) is 0 Å². The van der Waals surface area contributed by atoms with Crippen molar-refractivity contribution in [3.8, 4) is 11.5 Å². The summed E-state index contributed by atoms with van der Waals surface area (Å²) in [6.45, 7) is 0.260. The van der Waals surface area contributed by atoms with Crippen molar-refractivity contribution in [3.63, 3.8) is 0 Å². The summed E-state index contributed by atoms with van der Waals surface area (Å²) in [5.74, 6) is 0.700. The molecule has 1 aromatic heterocycles. The van der Waals surface area contributed by atoms with E-state index in [0.717, 1.165) is 5.56 Å². The standard InChI is InChI=1S/C19H17NO5/c1-23-16-8-7-12(9-17(16)24-2)11-20-19(22)18-10-14(21)13-5-3-4-6-15(13)25-18/h3-10H,11H2,1-2H3,(H,20,22). The molecule has 0 radical (unpaired) electrons. The molecule has 1 N–H and O–H groups in total. The van der Waals surface area contributed by atoms with Crippen LogP contribution in [0.3, 0.4) is 0 Å². The van der Waals surface area contributed by atoms with Crippen LogP contribution in [0.2, 0.25) is 0 Å². The highest BCUT2D eigenvalue weighted by Crippen LogP contribution is 2.27. The maximum atomic E-state index is 12.3. The van der Waals surface area contributed by atoms with E-state index in [1.165, 1.54) is 6.07 Å². The summed E-state index contributed by atoms with van der Waals surface area (Å²) in [6.07, 6.45) is 0. The van der Waals surface area contributed by atoms with Crippen molar-refractivity contribution < 1.29 is 18.7 Å². The van der Waals surface area contributed by atoms with E-state index in [1.807, 2.05) is 6.07 Å². The zero-order valence-corrected chi connectivity index (χ0v) is 13.9. The first-order valence-corrected chi connectivity index (χ1v) is 7.64. The molecule has 0 unspecified atom stereocenters. The van der Waals surface area contributed by atoms with E-state index in [2.05, 4.69) is 5.32 Å². The first-order valence-electron chi connectivity index (χ1n) is 7.64. The highest BCUT2D eigenvalue weighted by atomic mass is 16.5.